The molecular weight excluding hydrogens is 222 g/mol. The van der Waals surface area contributed by atoms with Crippen LogP contribution in [0.4, 0.5) is 0 Å². The third kappa shape index (κ3) is 2.23. The summed E-state index contributed by atoms with van der Waals surface area (Å²) in [5.74, 6) is 0. The standard InChI is InChI=1S/C13H16ClNO/c1-10-8-11(14)9-13-12(10)4-6-15(13)5-3-7-16-2/h4,6,8-9H,3,5,7H2,1-2H3. The Hall–Kier alpha value is -0.990. The predicted octanol–water partition coefficient (Wildman–Crippen LogP) is 3.64. The Labute approximate surface area is 101 Å². The summed E-state index contributed by atoms with van der Waals surface area (Å²) < 4.78 is 7.29. The predicted molar refractivity (Wildman–Crippen MR) is 68.2 cm³/mol. The Bertz CT molecular complexity index is 490. The molecule has 3 heteroatoms. The van der Waals surface area contributed by atoms with Crippen molar-refractivity contribution >= 4 is 22.5 Å². The van der Waals surface area contributed by atoms with E-state index in [4.69, 9.17) is 16.3 Å². The Balaban J connectivity index is 2.32. The van der Waals surface area contributed by atoms with Crippen molar-refractivity contribution in [2.75, 3.05) is 13.7 Å². The van der Waals surface area contributed by atoms with E-state index in [9.17, 15) is 0 Å². The number of methoxy groups -OCH3 is 1. The zero-order chi connectivity index (χ0) is 11.5. The van der Waals surface area contributed by atoms with Crippen molar-refractivity contribution in [2.45, 2.75) is 19.9 Å². The van der Waals surface area contributed by atoms with E-state index in [-0.39, 0.29) is 0 Å². The summed E-state index contributed by atoms with van der Waals surface area (Å²) in [4.78, 5) is 0. The van der Waals surface area contributed by atoms with Crippen molar-refractivity contribution in [3.05, 3.63) is 35.0 Å². The minimum Gasteiger partial charge on any atom is -0.385 e. The first-order valence-electron chi connectivity index (χ1n) is 5.46. The summed E-state index contributed by atoms with van der Waals surface area (Å²) in [6.45, 7) is 3.85. The molecule has 0 N–H and O–H groups in total. The number of halogens is 1. The molecule has 0 fully saturated rings. The lowest BCUT2D eigenvalue weighted by molar-refractivity contribution is 0.190. The van der Waals surface area contributed by atoms with E-state index in [0.29, 0.717) is 0 Å². The molecule has 86 valence electrons. The van der Waals surface area contributed by atoms with Crippen LogP contribution in [0.2, 0.25) is 5.02 Å². The topological polar surface area (TPSA) is 14.2 Å². The van der Waals surface area contributed by atoms with Gasteiger partial charge < -0.3 is 9.30 Å². The number of nitrogens with zero attached hydrogens (tertiary/aromatic N) is 1. The summed E-state index contributed by atoms with van der Waals surface area (Å²) >= 11 is 6.08. The molecule has 0 spiro atoms. The van der Waals surface area contributed by atoms with Gasteiger partial charge in [0, 0.05) is 42.4 Å². The zero-order valence-electron chi connectivity index (χ0n) is 9.66. The van der Waals surface area contributed by atoms with Crippen LogP contribution >= 0.6 is 11.6 Å². The van der Waals surface area contributed by atoms with Gasteiger partial charge in [-0.05, 0) is 37.1 Å². The van der Waals surface area contributed by atoms with E-state index < -0.39 is 0 Å². The van der Waals surface area contributed by atoms with E-state index in [1.807, 2.05) is 12.1 Å². The maximum atomic E-state index is 6.08. The van der Waals surface area contributed by atoms with Crippen LogP contribution in [0.15, 0.2) is 24.4 Å². The highest BCUT2D eigenvalue weighted by Gasteiger charge is 2.04. The van der Waals surface area contributed by atoms with Crippen LogP contribution in [0.3, 0.4) is 0 Å². The van der Waals surface area contributed by atoms with Gasteiger partial charge in [0.15, 0.2) is 0 Å². The second kappa shape index (κ2) is 4.89. The second-order valence-corrected chi connectivity index (χ2v) is 4.45. The van der Waals surface area contributed by atoms with Crippen LogP contribution in [-0.2, 0) is 11.3 Å². The smallest absolute Gasteiger partial charge is 0.0497 e. The first-order valence-corrected chi connectivity index (χ1v) is 5.84. The molecule has 16 heavy (non-hydrogen) atoms. The number of fused-ring (bicyclic) bond motifs is 1. The van der Waals surface area contributed by atoms with Gasteiger partial charge in [0.1, 0.15) is 0 Å². The summed E-state index contributed by atoms with van der Waals surface area (Å²) in [5, 5.41) is 2.08. The number of aromatic nitrogens is 1. The number of hydrogen-bond acceptors (Lipinski definition) is 1. The number of ether oxygens (including phenoxy) is 1. The highest BCUT2D eigenvalue weighted by atomic mass is 35.5. The SMILES string of the molecule is COCCCn1ccc2c(C)cc(Cl)cc21. The average molecular weight is 238 g/mol. The molecule has 2 rings (SSSR count). The van der Waals surface area contributed by atoms with Crippen LogP contribution in [0.1, 0.15) is 12.0 Å². The lowest BCUT2D eigenvalue weighted by atomic mass is 10.1. The molecule has 0 radical (unpaired) electrons. The number of benzene rings is 1. The monoisotopic (exact) mass is 237 g/mol. The molecule has 0 saturated carbocycles. The van der Waals surface area contributed by atoms with Crippen LogP contribution in [0.5, 0.6) is 0 Å². The maximum Gasteiger partial charge on any atom is 0.0497 e. The fourth-order valence-electron chi connectivity index (χ4n) is 2.01. The van der Waals surface area contributed by atoms with Gasteiger partial charge >= 0.3 is 0 Å². The average Bonchev–Trinajstić information content (AvgIpc) is 2.62. The van der Waals surface area contributed by atoms with Crippen molar-refractivity contribution in [3.63, 3.8) is 0 Å². The number of aryl methyl sites for hydroxylation is 2. The molecule has 0 aliphatic carbocycles. The van der Waals surface area contributed by atoms with E-state index in [1.54, 1.807) is 7.11 Å². The quantitative estimate of drug-likeness (QED) is 0.741. The number of rotatable bonds is 4. The van der Waals surface area contributed by atoms with Gasteiger partial charge in [-0.3, -0.25) is 0 Å². The highest BCUT2D eigenvalue weighted by molar-refractivity contribution is 6.31. The molecule has 0 aliphatic rings. The van der Waals surface area contributed by atoms with E-state index in [1.165, 1.54) is 16.5 Å². The first-order chi connectivity index (χ1) is 7.72. The Morgan fingerprint density at radius 1 is 1.38 bits per heavy atom. The number of hydrogen-bond donors (Lipinski definition) is 0. The summed E-state index contributed by atoms with van der Waals surface area (Å²) in [7, 11) is 1.73. The van der Waals surface area contributed by atoms with Crippen LogP contribution < -0.4 is 0 Å². The van der Waals surface area contributed by atoms with Crippen molar-refractivity contribution in [1.29, 1.82) is 0 Å². The Morgan fingerprint density at radius 3 is 2.94 bits per heavy atom. The van der Waals surface area contributed by atoms with Gasteiger partial charge in [-0.1, -0.05) is 11.6 Å². The van der Waals surface area contributed by atoms with Crippen LogP contribution in [-0.4, -0.2) is 18.3 Å². The van der Waals surface area contributed by atoms with Crippen LogP contribution in [0.25, 0.3) is 10.9 Å². The van der Waals surface area contributed by atoms with Gasteiger partial charge in [0.05, 0.1) is 0 Å². The van der Waals surface area contributed by atoms with Gasteiger partial charge in [-0.25, -0.2) is 0 Å². The van der Waals surface area contributed by atoms with Gasteiger partial charge in [0.2, 0.25) is 0 Å². The molecule has 0 bridgehead atoms. The molecule has 1 aromatic heterocycles. The molecule has 2 nitrogen and oxygen atoms in total. The summed E-state index contributed by atoms with van der Waals surface area (Å²) in [6, 6.07) is 6.17. The zero-order valence-corrected chi connectivity index (χ0v) is 10.4. The Kier molecular flexibility index (Phi) is 3.52. The van der Waals surface area contributed by atoms with Crippen molar-refractivity contribution < 1.29 is 4.74 Å². The molecule has 0 aliphatic heterocycles. The molecule has 1 aromatic carbocycles. The van der Waals surface area contributed by atoms with Crippen molar-refractivity contribution in [1.82, 2.24) is 4.57 Å². The van der Waals surface area contributed by atoms with Gasteiger partial charge in [-0.15, -0.1) is 0 Å². The lowest BCUT2D eigenvalue weighted by Crippen LogP contribution is -1.99. The van der Waals surface area contributed by atoms with Crippen molar-refractivity contribution in [2.24, 2.45) is 0 Å². The molecule has 0 atom stereocenters. The molecular formula is C13H16ClNO. The van der Waals surface area contributed by atoms with E-state index >= 15 is 0 Å². The summed E-state index contributed by atoms with van der Waals surface area (Å²) in [5.41, 5.74) is 2.44. The first kappa shape index (κ1) is 11.5. The second-order valence-electron chi connectivity index (χ2n) is 4.01. The third-order valence-electron chi connectivity index (χ3n) is 2.81. The van der Waals surface area contributed by atoms with Gasteiger partial charge in [0.25, 0.3) is 0 Å². The molecule has 0 amide bonds. The van der Waals surface area contributed by atoms with Gasteiger partial charge in [-0.2, -0.15) is 0 Å². The normalized spacial score (nSPS) is 11.2. The minimum atomic E-state index is 0.791. The largest absolute Gasteiger partial charge is 0.385 e. The fourth-order valence-corrected chi connectivity index (χ4v) is 2.28. The minimum absolute atomic E-state index is 0.791. The van der Waals surface area contributed by atoms with E-state index in [2.05, 4.69) is 23.8 Å². The molecule has 0 unspecified atom stereocenters. The fraction of sp³-hybridized carbons (Fsp3) is 0.385. The molecule has 0 saturated heterocycles. The third-order valence-corrected chi connectivity index (χ3v) is 3.03. The summed E-state index contributed by atoms with van der Waals surface area (Å²) in [6.07, 6.45) is 3.13. The van der Waals surface area contributed by atoms with Crippen LogP contribution in [0, 0.1) is 6.92 Å². The maximum absolute atomic E-state index is 6.08. The highest BCUT2D eigenvalue weighted by Crippen LogP contribution is 2.24. The molecule has 1 heterocycles. The van der Waals surface area contributed by atoms with E-state index in [0.717, 1.165) is 24.6 Å². The lowest BCUT2D eigenvalue weighted by Gasteiger charge is -2.06. The Morgan fingerprint density at radius 2 is 2.19 bits per heavy atom. The molecule has 2 aromatic rings. The van der Waals surface area contributed by atoms with Crippen molar-refractivity contribution in [3.8, 4) is 0 Å².